The van der Waals surface area contributed by atoms with E-state index in [9.17, 15) is 13.2 Å². The van der Waals surface area contributed by atoms with Crippen molar-refractivity contribution in [2.75, 3.05) is 0 Å². The van der Waals surface area contributed by atoms with E-state index in [4.69, 9.17) is 14.4 Å². The standard InChI is InChI=1S/C20H20N2O5S/c1-2-3-9-17(23)26-20-18(14-10-12-16(13-11-14)28(21,24)25)19(22-27-20)15-7-5-4-6-8-15/h4-8,10-13H,2-3,9H2,1H3,(H2,21,24,25). The molecule has 0 saturated carbocycles. The van der Waals surface area contributed by atoms with Crippen molar-refractivity contribution in [3.05, 3.63) is 54.6 Å². The molecule has 2 aromatic carbocycles. The molecule has 0 spiro atoms. The molecule has 0 amide bonds. The van der Waals surface area contributed by atoms with E-state index in [1.54, 1.807) is 12.1 Å². The predicted molar refractivity (Wildman–Crippen MR) is 104 cm³/mol. The molecule has 0 bridgehead atoms. The SMILES string of the molecule is CCCCC(=O)Oc1onc(-c2ccccc2)c1-c1ccc(S(N)(=O)=O)cc1. The van der Waals surface area contributed by atoms with Crippen LogP contribution in [0.25, 0.3) is 22.4 Å². The molecule has 7 nitrogen and oxygen atoms in total. The highest BCUT2D eigenvalue weighted by atomic mass is 32.2. The monoisotopic (exact) mass is 400 g/mol. The van der Waals surface area contributed by atoms with Gasteiger partial charge in [0, 0.05) is 12.0 Å². The van der Waals surface area contributed by atoms with Crippen LogP contribution in [0.4, 0.5) is 0 Å². The first kappa shape index (κ1) is 19.8. The molecule has 0 fully saturated rings. The molecule has 0 aliphatic heterocycles. The zero-order chi connectivity index (χ0) is 20.1. The Balaban J connectivity index is 2.05. The number of hydrogen-bond donors (Lipinski definition) is 1. The van der Waals surface area contributed by atoms with Crippen LogP contribution >= 0.6 is 0 Å². The summed E-state index contributed by atoms with van der Waals surface area (Å²) < 4.78 is 33.7. The summed E-state index contributed by atoms with van der Waals surface area (Å²) >= 11 is 0. The lowest BCUT2D eigenvalue weighted by atomic mass is 10.0. The Labute approximate surface area is 163 Å². The van der Waals surface area contributed by atoms with E-state index in [1.165, 1.54) is 12.1 Å². The second-order valence-corrected chi connectivity index (χ2v) is 7.77. The molecule has 0 aliphatic carbocycles. The van der Waals surface area contributed by atoms with Crippen molar-refractivity contribution < 1.29 is 22.5 Å². The number of esters is 1. The third-order valence-corrected chi connectivity index (χ3v) is 5.05. The van der Waals surface area contributed by atoms with Gasteiger partial charge < -0.3 is 9.26 Å². The van der Waals surface area contributed by atoms with Gasteiger partial charge in [-0.3, -0.25) is 4.79 Å². The number of carbonyl (C=O) groups is 1. The van der Waals surface area contributed by atoms with Crippen LogP contribution in [0.1, 0.15) is 26.2 Å². The number of carbonyl (C=O) groups excluding carboxylic acids is 1. The Bertz CT molecular complexity index is 1060. The van der Waals surface area contributed by atoms with Gasteiger partial charge in [-0.25, -0.2) is 13.6 Å². The summed E-state index contributed by atoms with van der Waals surface area (Å²) in [4.78, 5) is 12.1. The fraction of sp³-hybridized carbons (Fsp3) is 0.200. The zero-order valence-electron chi connectivity index (χ0n) is 15.3. The molecule has 146 valence electrons. The summed E-state index contributed by atoms with van der Waals surface area (Å²) in [5.41, 5.74) is 2.32. The molecule has 0 radical (unpaired) electrons. The van der Waals surface area contributed by atoms with Crippen molar-refractivity contribution in [3.8, 4) is 28.3 Å². The summed E-state index contributed by atoms with van der Waals surface area (Å²) in [6.07, 6.45) is 1.83. The lowest BCUT2D eigenvalue weighted by Gasteiger charge is -2.06. The number of nitrogens with two attached hydrogens (primary N) is 1. The first-order chi connectivity index (χ1) is 13.4. The summed E-state index contributed by atoms with van der Waals surface area (Å²) in [7, 11) is -3.81. The Morgan fingerprint density at radius 1 is 1.07 bits per heavy atom. The quantitative estimate of drug-likeness (QED) is 0.604. The number of aromatic nitrogens is 1. The van der Waals surface area contributed by atoms with Crippen LogP contribution in [-0.4, -0.2) is 19.5 Å². The highest BCUT2D eigenvalue weighted by molar-refractivity contribution is 7.89. The molecule has 2 N–H and O–H groups in total. The fourth-order valence-electron chi connectivity index (χ4n) is 2.68. The molecule has 1 heterocycles. The molecule has 1 aromatic heterocycles. The van der Waals surface area contributed by atoms with Crippen LogP contribution in [-0.2, 0) is 14.8 Å². The van der Waals surface area contributed by atoms with Crippen molar-refractivity contribution in [3.63, 3.8) is 0 Å². The number of benzene rings is 2. The molecule has 8 heteroatoms. The number of primary sulfonamides is 1. The molecule has 0 unspecified atom stereocenters. The number of hydrogen-bond acceptors (Lipinski definition) is 6. The van der Waals surface area contributed by atoms with Gasteiger partial charge in [0.1, 0.15) is 5.69 Å². The topological polar surface area (TPSA) is 112 Å². The smallest absolute Gasteiger partial charge is 0.327 e. The number of rotatable bonds is 7. The summed E-state index contributed by atoms with van der Waals surface area (Å²) in [6, 6.07) is 15.2. The van der Waals surface area contributed by atoms with E-state index < -0.39 is 16.0 Å². The average molecular weight is 400 g/mol. The highest BCUT2D eigenvalue weighted by Gasteiger charge is 2.23. The van der Waals surface area contributed by atoms with Crippen LogP contribution in [0.2, 0.25) is 0 Å². The maximum Gasteiger partial charge on any atom is 0.327 e. The predicted octanol–water partition coefficient (Wildman–Crippen LogP) is 3.75. The van der Waals surface area contributed by atoms with E-state index in [2.05, 4.69) is 5.16 Å². The maximum absolute atomic E-state index is 12.1. The minimum absolute atomic E-state index is 0.0181. The molecular formula is C20H20N2O5S. The lowest BCUT2D eigenvalue weighted by Crippen LogP contribution is -2.11. The van der Waals surface area contributed by atoms with Gasteiger partial charge in [-0.05, 0) is 24.1 Å². The highest BCUT2D eigenvalue weighted by Crippen LogP contribution is 2.39. The molecule has 0 saturated heterocycles. The van der Waals surface area contributed by atoms with Crippen molar-refractivity contribution in [1.29, 1.82) is 0 Å². The van der Waals surface area contributed by atoms with Crippen LogP contribution in [0.15, 0.2) is 64.0 Å². The van der Waals surface area contributed by atoms with Gasteiger partial charge in [0.05, 0.1) is 10.5 Å². The minimum atomic E-state index is -3.81. The van der Waals surface area contributed by atoms with Gasteiger partial charge in [-0.2, -0.15) is 0 Å². The van der Waals surface area contributed by atoms with Crippen molar-refractivity contribution in [2.24, 2.45) is 5.14 Å². The molecular weight excluding hydrogens is 380 g/mol. The molecule has 28 heavy (non-hydrogen) atoms. The molecule has 3 aromatic rings. The third-order valence-electron chi connectivity index (χ3n) is 4.12. The first-order valence-electron chi connectivity index (χ1n) is 8.79. The van der Waals surface area contributed by atoms with Crippen LogP contribution in [0.3, 0.4) is 0 Å². The molecule has 0 atom stereocenters. The Kier molecular flexibility index (Phi) is 5.91. The van der Waals surface area contributed by atoms with Gasteiger partial charge >= 0.3 is 11.9 Å². The lowest BCUT2D eigenvalue weighted by molar-refractivity contribution is -0.135. The zero-order valence-corrected chi connectivity index (χ0v) is 16.1. The van der Waals surface area contributed by atoms with Gasteiger partial charge in [0.2, 0.25) is 10.0 Å². The van der Waals surface area contributed by atoms with Gasteiger partial charge in [-0.15, -0.1) is 0 Å². The Morgan fingerprint density at radius 2 is 1.75 bits per heavy atom. The van der Waals surface area contributed by atoms with E-state index in [0.717, 1.165) is 12.0 Å². The van der Waals surface area contributed by atoms with Gasteiger partial charge in [0.25, 0.3) is 0 Å². The van der Waals surface area contributed by atoms with E-state index in [0.29, 0.717) is 23.2 Å². The van der Waals surface area contributed by atoms with Crippen molar-refractivity contribution in [1.82, 2.24) is 5.16 Å². The maximum atomic E-state index is 12.1. The van der Waals surface area contributed by atoms with Crippen molar-refractivity contribution in [2.45, 2.75) is 31.1 Å². The number of ether oxygens (including phenoxy) is 1. The number of nitrogens with zero attached hydrogens (tertiary/aromatic N) is 1. The van der Waals surface area contributed by atoms with Crippen molar-refractivity contribution >= 4 is 16.0 Å². The second kappa shape index (κ2) is 8.37. The number of sulfonamides is 1. The van der Waals surface area contributed by atoms with Gasteiger partial charge in [0.15, 0.2) is 0 Å². The molecule has 3 rings (SSSR count). The minimum Gasteiger partial charge on any atom is -0.391 e. The Hall–Kier alpha value is -2.97. The Morgan fingerprint density at radius 3 is 2.36 bits per heavy atom. The number of unbranched alkanes of at least 4 members (excludes halogenated alkanes) is 1. The van der Waals surface area contributed by atoms with Crippen LogP contribution in [0.5, 0.6) is 5.95 Å². The van der Waals surface area contributed by atoms with Crippen LogP contribution in [0, 0.1) is 0 Å². The van der Waals surface area contributed by atoms with E-state index in [-0.39, 0.29) is 17.3 Å². The van der Waals surface area contributed by atoms with Gasteiger partial charge in [-0.1, -0.05) is 61.0 Å². The summed E-state index contributed by atoms with van der Waals surface area (Å²) in [5, 5.41) is 9.23. The fourth-order valence-corrected chi connectivity index (χ4v) is 3.19. The van der Waals surface area contributed by atoms with E-state index >= 15 is 0 Å². The van der Waals surface area contributed by atoms with E-state index in [1.807, 2.05) is 37.3 Å². The normalized spacial score (nSPS) is 11.4. The van der Waals surface area contributed by atoms with Crippen LogP contribution < -0.4 is 9.88 Å². The summed E-state index contributed by atoms with van der Waals surface area (Å²) in [5.74, 6) is -0.441. The largest absolute Gasteiger partial charge is 0.391 e. The summed E-state index contributed by atoms with van der Waals surface area (Å²) in [6.45, 7) is 1.98. The third kappa shape index (κ3) is 4.47. The second-order valence-electron chi connectivity index (χ2n) is 6.21. The average Bonchev–Trinajstić information content (AvgIpc) is 3.10. The first-order valence-corrected chi connectivity index (χ1v) is 10.3. The molecule has 0 aliphatic rings.